The van der Waals surface area contributed by atoms with Crippen molar-refractivity contribution in [1.82, 2.24) is 15.5 Å². The monoisotopic (exact) mass is 186 g/mol. The summed E-state index contributed by atoms with van der Waals surface area (Å²) in [5.41, 5.74) is 5.21. The van der Waals surface area contributed by atoms with E-state index in [2.05, 4.69) is 15.5 Å². The van der Waals surface area contributed by atoms with Crippen LogP contribution in [0.15, 0.2) is 0 Å². The number of amides is 1. The van der Waals surface area contributed by atoms with Crippen molar-refractivity contribution in [2.24, 2.45) is 5.73 Å². The molecule has 0 aromatic carbocycles. The highest BCUT2D eigenvalue weighted by Gasteiger charge is 2.09. The Labute approximate surface area is 74.0 Å². The van der Waals surface area contributed by atoms with E-state index in [0.29, 0.717) is 18.1 Å². The van der Waals surface area contributed by atoms with Gasteiger partial charge in [-0.15, -0.1) is 10.2 Å². The number of nitrogens with zero attached hydrogens (tertiary/aromatic N) is 2. The topological polar surface area (TPSA) is 80.9 Å². The van der Waals surface area contributed by atoms with E-state index in [1.165, 1.54) is 11.3 Å². The molecule has 0 aliphatic rings. The maximum absolute atomic E-state index is 11.2. The van der Waals surface area contributed by atoms with E-state index in [0.717, 1.165) is 5.01 Å². The average Bonchev–Trinajstić information content (AvgIpc) is 2.47. The summed E-state index contributed by atoms with van der Waals surface area (Å²) in [7, 11) is 0. The number of nitrogens with two attached hydrogens (primary N) is 1. The molecule has 3 N–H and O–H groups in total. The molecule has 0 bridgehead atoms. The summed E-state index contributed by atoms with van der Waals surface area (Å²) in [5, 5.41) is 11.2. The van der Waals surface area contributed by atoms with Crippen LogP contribution in [0.2, 0.25) is 0 Å². The smallest absolute Gasteiger partial charge is 0.282 e. The van der Waals surface area contributed by atoms with Gasteiger partial charge in [0.25, 0.3) is 5.91 Å². The van der Waals surface area contributed by atoms with Gasteiger partial charge in [-0.3, -0.25) is 4.79 Å². The Morgan fingerprint density at radius 3 is 2.92 bits per heavy atom. The third-order valence-electron chi connectivity index (χ3n) is 1.15. The minimum atomic E-state index is -0.203. The van der Waals surface area contributed by atoms with Crippen molar-refractivity contribution in [3.63, 3.8) is 0 Å². The third-order valence-corrected chi connectivity index (χ3v) is 1.99. The lowest BCUT2D eigenvalue weighted by molar-refractivity contribution is 0.0953. The van der Waals surface area contributed by atoms with Gasteiger partial charge in [0, 0.05) is 13.1 Å². The lowest BCUT2D eigenvalue weighted by Gasteiger charge is -1.97. The molecule has 1 heterocycles. The van der Waals surface area contributed by atoms with Crippen molar-refractivity contribution < 1.29 is 4.79 Å². The highest BCUT2D eigenvalue weighted by molar-refractivity contribution is 7.13. The maximum Gasteiger partial charge on any atom is 0.282 e. The zero-order valence-electron chi connectivity index (χ0n) is 6.70. The molecule has 1 rings (SSSR count). The molecule has 1 aromatic rings. The summed E-state index contributed by atoms with van der Waals surface area (Å²) in [6, 6.07) is 0. The predicted molar refractivity (Wildman–Crippen MR) is 46.0 cm³/mol. The third kappa shape index (κ3) is 2.24. The van der Waals surface area contributed by atoms with Gasteiger partial charge in [0.1, 0.15) is 5.01 Å². The Kier molecular flexibility index (Phi) is 3.12. The van der Waals surface area contributed by atoms with Gasteiger partial charge in [-0.2, -0.15) is 0 Å². The van der Waals surface area contributed by atoms with E-state index in [9.17, 15) is 4.79 Å². The van der Waals surface area contributed by atoms with Crippen LogP contribution in [0.25, 0.3) is 0 Å². The Balaban J connectivity index is 2.53. The molecule has 1 amide bonds. The van der Waals surface area contributed by atoms with Crippen LogP contribution in [0, 0.1) is 6.92 Å². The highest BCUT2D eigenvalue weighted by Crippen LogP contribution is 2.06. The van der Waals surface area contributed by atoms with Crippen LogP contribution in [0.5, 0.6) is 0 Å². The van der Waals surface area contributed by atoms with Gasteiger partial charge >= 0.3 is 0 Å². The van der Waals surface area contributed by atoms with E-state index in [1.807, 2.05) is 0 Å². The van der Waals surface area contributed by atoms with Crippen LogP contribution in [-0.2, 0) is 0 Å². The molecule has 66 valence electrons. The molecule has 5 nitrogen and oxygen atoms in total. The van der Waals surface area contributed by atoms with Gasteiger partial charge in [-0.1, -0.05) is 11.3 Å². The molecule has 0 spiro atoms. The molecule has 0 unspecified atom stereocenters. The first kappa shape index (κ1) is 9.08. The first-order valence-electron chi connectivity index (χ1n) is 3.52. The summed E-state index contributed by atoms with van der Waals surface area (Å²) in [5.74, 6) is -0.203. The van der Waals surface area contributed by atoms with Crippen molar-refractivity contribution in [3.8, 4) is 0 Å². The molecule has 1 aromatic heterocycles. The number of nitrogens with one attached hydrogen (secondary N) is 1. The summed E-state index contributed by atoms with van der Waals surface area (Å²) >= 11 is 1.27. The molecule has 0 saturated heterocycles. The first-order chi connectivity index (χ1) is 5.74. The average molecular weight is 186 g/mol. The highest BCUT2D eigenvalue weighted by atomic mass is 32.1. The van der Waals surface area contributed by atoms with E-state index >= 15 is 0 Å². The minimum absolute atomic E-state index is 0.203. The number of carbonyl (C=O) groups excluding carboxylic acids is 1. The second-order valence-electron chi connectivity index (χ2n) is 2.17. The second-order valence-corrected chi connectivity index (χ2v) is 3.35. The Morgan fingerprint density at radius 1 is 1.67 bits per heavy atom. The van der Waals surface area contributed by atoms with Crippen LogP contribution in [0.4, 0.5) is 0 Å². The van der Waals surface area contributed by atoms with Crippen molar-refractivity contribution in [1.29, 1.82) is 0 Å². The van der Waals surface area contributed by atoms with E-state index < -0.39 is 0 Å². The van der Waals surface area contributed by atoms with Crippen LogP contribution < -0.4 is 11.1 Å². The Morgan fingerprint density at radius 2 is 2.42 bits per heavy atom. The van der Waals surface area contributed by atoms with Crippen LogP contribution in [-0.4, -0.2) is 29.2 Å². The lowest BCUT2D eigenvalue weighted by Crippen LogP contribution is -2.28. The standard InChI is InChI=1S/C6H10N4OS/c1-4-9-10-6(12-4)5(11)8-3-2-7/h2-3,7H2,1H3,(H,8,11). The summed E-state index contributed by atoms with van der Waals surface area (Å²) in [4.78, 5) is 11.2. The van der Waals surface area contributed by atoms with Crippen molar-refractivity contribution >= 4 is 17.2 Å². The number of hydrogen-bond acceptors (Lipinski definition) is 5. The van der Waals surface area contributed by atoms with Gasteiger partial charge in [-0.05, 0) is 6.92 Å². The predicted octanol–water partition coefficient (Wildman–Crippen LogP) is -0.465. The summed E-state index contributed by atoms with van der Waals surface area (Å²) < 4.78 is 0. The fourth-order valence-electron chi connectivity index (χ4n) is 0.650. The van der Waals surface area contributed by atoms with E-state index in [1.54, 1.807) is 6.92 Å². The zero-order valence-corrected chi connectivity index (χ0v) is 7.52. The molecule has 0 aliphatic carbocycles. The van der Waals surface area contributed by atoms with Gasteiger partial charge in [0.2, 0.25) is 5.01 Å². The number of aromatic nitrogens is 2. The molecular formula is C6H10N4OS. The molecular weight excluding hydrogens is 176 g/mol. The molecule has 12 heavy (non-hydrogen) atoms. The molecule has 0 atom stereocenters. The zero-order chi connectivity index (χ0) is 8.97. The Bertz CT molecular complexity index is 272. The number of carbonyl (C=O) groups is 1. The van der Waals surface area contributed by atoms with Crippen LogP contribution >= 0.6 is 11.3 Å². The number of aryl methyl sites for hydroxylation is 1. The molecule has 0 saturated carbocycles. The number of rotatable bonds is 3. The molecule has 6 heteroatoms. The molecule has 0 radical (unpaired) electrons. The van der Waals surface area contributed by atoms with E-state index in [-0.39, 0.29) is 5.91 Å². The first-order valence-corrected chi connectivity index (χ1v) is 4.34. The fourth-order valence-corrected chi connectivity index (χ4v) is 1.26. The minimum Gasteiger partial charge on any atom is -0.349 e. The van der Waals surface area contributed by atoms with Crippen LogP contribution in [0.3, 0.4) is 0 Å². The normalized spacial score (nSPS) is 9.83. The molecule has 0 aliphatic heterocycles. The van der Waals surface area contributed by atoms with Crippen LogP contribution in [0.1, 0.15) is 14.8 Å². The largest absolute Gasteiger partial charge is 0.349 e. The summed E-state index contributed by atoms with van der Waals surface area (Å²) in [6.45, 7) is 2.71. The Hall–Kier alpha value is -1.01. The van der Waals surface area contributed by atoms with Crippen molar-refractivity contribution in [3.05, 3.63) is 10.0 Å². The van der Waals surface area contributed by atoms with Crippen molar-refractivity contribution in [2.75, 3.05) is 13.1 Å². The molecule has 0 fully saturated rings. The van der Waals surface area contributed by atoms with E-state index in [4.69, 9.17) is 5.73 Å². The van der Waals surface area contributed by atoms with Gasteiger partial charge < -0.3 is 11.1 Å². The summed E-state index contributed by atoms with van der Waals surface area (Å²) in [6.07, 6.45) is 0. The van der Waals surface area contributed by atoms with Gasteiger partial charge in [0.15, 0.2) is 0 Å². The SMILES string of the molecule is Cc1nnc(C(=O)NCCN)s1. The quantitative estimate of drug-likeness (QED) is 0.669. The van der Waals surface area contributed by atoms with Crippen molar-refractivity contribution in [2.45, 2.75) is 6.92 Å². The fraction of sp³-hybridized carbons (Fsp3) is 0.500. The lowest BCUT2D eigenvalue weighted by atomic mass is 10.6. The number of hydrogen-bond donors (Lipinski definition) is 2. The second kappa shape index (κ2) is 4.13. The van der Waals surface area contributed by atoms with Gasteiger partial charge in [-0.25, -0.2) is 0 Å². The maximum atomic E-state index is 11.2. The van der Waals surface area contributed by atoms with Gasteiger partial charge in [0.05, 0.1) is 0 Å².